The molecular weight excluding hydrogens is 485 g/mol. The van der Waals surface area contributed by atoms with Crippen LogP contribution in [0.4, 0.5) is 15.8 Å². The van der Waals surface area contributed by atoms with Crippen LogP contribution in [0.15, 0.2) is 41.4 Å². The Balaban J connectivity index is 1.22. The van der Waals surface area contributed by atoms with Gasteiger partial charge >= 0.3 is 0 Å². The zero-order valence-electron chi connectivity index (χ0n) is 20.4. The molecule has 0 spiro atoms. The summed E-state index contributed by atoms with van der Waals surface area (Å²) >= 11 is 5.96. The fourth-order valence-electron chi connectivity index (χ4n) is 4.91. The molecule has 3 heterocycles. The van der Waals surface area contributed by atoms with Gasteiger partial charge in [-0.1, -0.05) is 11.6 Å². The molecule has 192 valence electrons. The van der Waals surface area contributed by atoms with Gasteiger partial charge in [0.1, 0.15) is 30.2 Å². The van der Waals surface area contributed by atoms with E-state index >= 15 is 0 Å². The number of nitrogens with one attached hydrogen (secondary N) is 1. The van der Waals surface area contributed by atoms with Crippen molar-refractivity contribution in [3.05, 3.63) is 52.8 Å². The first kappa shape index (κ1) is 24.8. The Hall–Kier alpha value is -2.88. The molecule has 5 rings (SSSR count). The maximum Gasteiger partial charge on any atom is 0.222 e. The number of nitrogens with zero attached hydrogens (tertiary/aromatic N) is 4. The molecule has 1 N–H and O–H groups in total. The molecule has 0 atom stereocenters. The summed E-state index contributed by atoms with van der Waals surface area (Å²) in [5, 5.41) is 5.00. The molecule has 3 aliphatic rings. The predicted octanol–water partition coefficient (Wildman–Crippen LogP) is 4.14. The van der Waals surface area contributed by atoms with Crippen LogP contribution in [0, 0.1) is 5.82 Å². The molecule has 0 aliphatic carbocycles. The summed E-state index contributed by atoms with van der Waals surface area (Å²) in [6, 6.07) is 10.4. The van der Waals surface area contributed by atoms with E-state index in [0.29, 0.717) is 24.6 Å². The second-order valence-electron chi connectivity index (χ2n) is 9.29. The summed E-state index contributed by atoms with van der Waals surface area (Å²) in [5.74, 6) is 1.22. The number of ether oxygens (including phenoxy) is 1. The summed E-state index contributed by atoms with van der Waals surface area (Å²) in [7, 11) is 1.61. The van der Waals surface area contributed by atoms with Crippen molar-refractivity contribution in [3.8, 4) is 5.75 Å². The quantitative estimate of drug-likeness (QED) is 0.597. The van der Waals surface area contributed by atoms with Gasteiger partial charge in [-0.05, 0) is 55.7 Å². The lowest BCUT2D eigenvalue weighted by Gasteiger charge is -2.33. The molecule has 36 heavy (non-hydrogen) atoms. The third kappa shape index (κ3) is 5.58. The van der Waals surface area contributed by atoms with E-state index < -0.39 is 5.82 Å². The minimum Gasteiger partial charge on any atom is -0.490 e. The number of amidine groups is 1. The Morgan fingerprint density at radius 2 is 1.97 bits per heavy atom. The van der Waals surface area contributed by atoms with Crippen molar-refractivity contribution in [3.63, 3.8) is 0 Å². The number of carbonyl (C=O) groups excluding carboxylic acids is 1. The van der Waals surface area contributed by atoms with E-state index in [9.17, 15) is 9.18 Å². The van der Waals surface area contributed by atoms with Gasteiger partial charge in [0.2, 0.25) is 5.91 Å². The van der Waals surface area contributed by atoms with E-state index in [1.54, 1.807) is 18.2 Å². The molecule has 0 saturated carbocycles. The van der Waals surface area contributed by atoms with Crippen LogP contribution in [-0.2, 0) is 9.63 Å². The van der Waals surface area contributed by atoms with Gasteiger partial charge in [0.15, 0.2) is 0 Å². The molecule has 0 bridgehead atoms. The third-order valence-corrected chi connectivity index (χ3v) is 7.24. The largest absolute Gasteiger partial charge is 0.490 e. The molecular formula is C26H31ClFN5O3. The van der Waals surface area contributed by atoms with Gasteiger partial charge in [-0.25, -0.2) is 14.4 Å². The summed E-state index contributed by atoms with van der Waals surface area (Å²) in [4.78, 5) is 26.3. The fraction of sp³-hybridized carbons (Fsp3) is 0.462. The van der Waals surface area contributed by atoms with Crippen LogP contribution in [0.3, 0.4) is 0 Å². The second kappa shape index (κ2) is 11.0. The number of likely N-dealkylation sites (tertiary alicyclic amines) is 2. The minimum absolute atomic E-state index is 0.0469. The molecule has 8 nitrogen and oxygen atoms in total. The van der Waals surface area contributed by atoms with Crippen LogP contribution in [0.25, 0.3) is 0 Å². The fourth-order valence-corrected chi connectivity index (χ4v) is 5.09. The van der Waals surface area contributed by atoms with E-state index in [-0.39, 0.29) is 17.0 Å². The number of halogens is 2. The molecule has 10 heteroatoms. The van der Waals surface area contributed by atoms with E-state index in [0.717, 1.165) is 69.0 Å². The maximum atomic E-state index is 13.6. The minimum atomic E-state index is -0.468. The lowest BCUT2D eigenvalue weighted by Crippen LogP contribution is -2.42. The molecule has 0 unspecified atom stereocenters. The molecule has 2 aromatic rings. The lowest BCUT2D eigenvalue weighted by atomic mass is 10.1. The number of carbonyl (C=O) groups is 1. The van der Waals surface area contributed by atoms with Gasteiger partial charge in [-0.2, -0.15) is 0 Å². The van der Waals surface area contributed by atoms with Crippen molar-refractivity contribution in [1.82, 2.24) is 9.80 Å². The smallest absolute Gasteiger partial charge is 0.222 e. The first-order chi connectivity index (χ1) is 17.5. The lowest BCUT2D eigenvalue weighted by molar-refractivity contribution is -0.127. The number of benzene rings is 2. The second-order valence-corrected chi connectivity index (χ2v) is 9.69. The van der Waals surface area contributed by atoms with Crippen LogP contribution in [-0.4, -0.2) is 74.1 Å². The van der Waals surface area contributed by atoms with Crippen molar-refractivity contribution < 1.29 is 18.8 Å². The number of hydroxylamine groups is 1. The highest BCUT2D eigenvalue weighted by atomic mass is 35.5. The zero-order chi connectivity index (χ0) is 25.1. The standard InChI is InChI=1S/C26H31ClFN5O3/c1-35-33-17-29-26(30-18-4-6-23(28)22(27)15-18)21-16-20(5-7-24(21)33)36-19-8-11-31(12-9-19)13-14-32-10-2-3-25(32)34/h4-7,15-16,19H,2-3,8-14,17H2,1H3,(H,29,30). The molecule has 3 aliphatic heterocycles. The molecule has 2 aromatic carbocycles. The summed E-state index contributed by atoms with van der Waals surface area (Å²) in [5.41, 5.74) is 2.34. The van der Waals surface area contributed by atoms with Crippen LogP contribution in [0.5, 0.6) is 5.75 Å². The highest BCUT2D eigenvalue weighted by Gasteiger charge is 2.25. The number of amides is 1. The molecule has 1 amide bonds. The van der Waals surface area contributed by atoms with Gasteiger partial charge in [-0.3, -0.25) is 9.63 Å². The third-order valence-electron chi connectivity index (χ3n) is 6.95. The summed E-state index contributed by atoms with van der Waals surface area (Å²) in [6.45, 7) is 4.86. The first-order valence-corrected chi connectivity index (χ1v) is 12.8. The van der Waals surface area contributed by atoms with Crippen molar-refractivity contribution in [2.24, 2.45) is 4.99 Å². The van der Waals surface area contributed by atoms with E-state index in [1.165, 1.54) is 12.1 Å². The first-order valence-electron chi connectivity index (χ1n) is 12.4. The Kier molecular flexibility index (Phi) is 7.59. The number of fused-ring (bicyclic) bond motifs is 1. The predicted molar refractivity (Wildman–Crippen MR) is 138 cm³/mol. The molecule has 0 aromatic heterocycles. The highest BCUT2D eigenvalue weighted by molar-refractivity contribution is 6.31. The SMILES string of the molecule is CON1CN=C(Nc2ccc(F)c(Cl)c2)c2cc(OC3CCN(CCN4CCCC4=O)CC3)ccc21. The zero-order valence-corrected chi connectivity index (χ0v) is 21.1. The molecule has 2 fully saturated rings. The Labute approximate surface area is 215 Å². The average molecular weight is 516 g/mol. The van der Waals surface area contributed by atoms with Crippen LogP contribution < -0.4 is 15.1 Å². The normalized spacial score (nSPS) is 18.9. The van der Waals surface area contributed by atoms with Crippen LogP contribution >= 0.6 is 11.6 Å². The number of hydrogen-bond acceptors (Lipinski definition) is 7. The number of aliphatic imine (C=N–C) groups is 1. The van der Waals surface area contributed by atoms with Crippen molar-refractivity contribution >= 4 is 34.7 Å². The van der Waals surface area contributed by atoms with Gasteiger partial charge in [0, 0.05) is 50.4 Å². The number of piperidine rings is 1. The van der Waals surface area contributed by atoms with E-state index in [2.05, 4.69) is 15.2 Å². The maximum absolute atomic E-state index is 13.6. The summed E-state index contributed by atoms with van der Waals surface area (Å²) < 4.78 is 20.0. The van der Waals surface area contributed by atoms with E-state index in [1.807, 2.05) is 23.1 Å². The molecule has 2 saturated heterocycles. The number of anilines is 2. The van der Waals surface area contributed by atoms with Crippen molar-refractivity contribution in [2.45, 2.75) is 31.8 Å². The Morgan fingerprint density at radius 1 is 1.14 bits per heavy atom. The van der Waals surface area contributed by atoms with E-state index in [4.69, 9.17) is 21.2 Å². The van der Waals surface area contributed by atoms with Crippen molar-refractivity contribution in [1.29, 1.82) is 0 Å². The Morgan fingerprint density at radius 3 is 2.69 bits per heavy atom. The van der Waals surface area contributed by atoms with Gasteiger partial charge in [0.05, 0.1) is 17.8 Å². The Bertz CT molecular complexity index is 1140. The monoisotopic (exact) mass is 515 g/mol. The number of hydrogen-bond donors (Lipinski definition) is 1. The highest BCUT2D eigenvalue weighted by Crippen LogP contribution is 2.31. The van der Waals surface area contributed by atoms with Crippen LogP contribution in [0.2, 0.25) is 5.02 Å². The van der Waals surface area contributed by atoms with Crippen LogP contribution in [0.1, 0.15) is 31.2 Å². The average Bonchev–Trinajstić information content (AvgIpc) is 3.30. The van der Waals surface area contributed by atoms with Gasteiger partial charge in [-0.15, -0.1) is 0 Å². The van der Waals surface area contributed by atoms with Gasteiger partial charge < -0.3 is 19.9 Å². The number of rotatable bonds is 7. The topological polar surface area (TPSA) is 69.6 Å². The van der Waals surface area contributed by atoms with Gasteiger partial charge in [0.25, 0.3) is 0 Å². The van der Waals surface area contributed by atoms with Crippen molar-refractivity contribution in [2.75, 3.05) is 56.9 Å². The molecule has 0 radical (unpaired) electrons. The summed E-state index contributed by atoms with van der Waals surface area (Å²) in [6.07, 6.45) is 3.67.